The molecule has 0 radical (unpaired) electrons. The normalized spacial score (nSPS) is 12.0. The van der Waals surface area contributed by atoms with Crippen LogP contribution in [0.5, 0.6) is 0 Å². The number of nitrogens with one attached hydrogen (secondary N) is 2. The number of aliphatic carboxylic acids is 1. The molecule has 0 aliphatic heterocycles. The second-order valence-corrected chi connectivity index (χ2v) is 8.43. The standard InChI is InChI=1S/C26H28N4O5/c31-24(29-18-14-28-30(15-18)16-25(32)33)12-2-1-7-13-27-26(34)35-17-23-21-10-5-3-8-19(21)20-9-4-6-11-22(20)23/h3-6,8-11,14-15,23H,1-2,7,12-13,16-17H2,(H,27,34)(H,29,31)(H,32,33). The Bertz CT molecular complexity index is 1160. The van der Waals surface area contributed by atoms with Crippen LogP contribution in [0, 0.1) is 0 Å². The molecule has 4 rings (SSSR count). The SMILES string of the molecule is O=C(O)Cn1cc(NC(=O)CCCCCNC(=O)OCC2c3ccccc3-c3ccccc32)cn1. The van der Waals surface area contributed by atoms with E-state index in [1.54, 1.807) is 0 Å². The lowest BCUT2D eigenvalue weighted by Gasteiger charge is -2.14. The van der Waals surface area contributed by atoms with Gasteiger partial charge in [0.25, 0.3) is 0 Å². The first kappa shape index (κ1) is 24.0. The van der Waals surface area contributed by atoms with Gasteiger partial charge in [-0.1, -0.05) is 55.0 Å². The van der Waals surface area contributed by atoms with Crippen LogP contribution in [0.3, 0.4) is 0 Å². The first-order valence-electron chi connectivity index (χ1n) is 11.6. The molecule has 1 aliphatic carbocycles. The maximum absolute atomic E-state index is 12.2. The van der Waals surface area contributed by atoms with Crippen molar-refractivity contribution >= 4 is 23.7 Å². The fraction of sp³-hybridized carbons (Fsp3) is 0.308. The molecule has 2 aromatic carbocycles. The van der Waals surface area contributed by atoms with Crippen LogP contribution in [-0.4, -0.2) is 46.0 Å². The van der Waals surface area contributed by atoms with Crippen molar-refractivity contribution in [1.82, 2.24) is 15.1 Å². The van der Waals surface area contributed by atoms with Gasteiger partial charge in [0.2, 0.25) is 5.91 Å². The minimum Gasteiger partial charge on any atom is -0.480 e. The van der Waals surface area contributed by atoms with E-state index in [0.29, 0.717) is 25.1 Å². The first-order valence-corrected chi connectivity index (χ1v) is 11.6. The van der Waals surface area contributed by atoms with Crippen LogP contribution in [0.1, 0.15) is 42.7 Å². The van der Waals surface area contributed by atoms with E-state index in [-0.39, 0.29) is 25.0 Å². The van der Waals surface area contributed by atoms with Gasteiger partial charge in [0.1, 0.15) is 13.2 Å². The number of hydrogen-bond donors (Lipinski definition) is 3. The highest BCUT2D eigenvalue weighted by Gasteiger charge is 2.28. The lowest BCUT2D eigenvalue weighted by atomic mass is 9.98. The number of carboxylic acid groups (broad SMARTS) is 1. The second-order valence-electron chi connectivity index (χ2n) is 8.43. The Labute approximate surface area is 203 Å². The molecule has 0 saturated carbocycles. The first-order chi connectivity index (χ1) is 17.0. The van der Waals surface area contributed by atoms with Crippen LogP contribution in [0.4, 0.5) is 10.5 Å². The molecule has 1 aromatic heterocycles. The summed E-state index contributed by atoms with van der Waals surface area (Å²) in [6, 6.07) is 16.4. The third kappa shape index (κ3) is 6.26. The summed E-state index contributed by atoms with van der Waals surface area (Å²) in [5.74, 6) is -1.13. The molecule has 1 aliphatic rings. The minimum atomic E-state index is -1.00. The topological polar surface area (TPSA) is 123 Å². The summed E-state index contributed by atoms with van der Waals surface area (Å²) < 4.78 is 6.76. The van der Waals surface area contributed by atoms with Crippen LogP contribution in [0.15, 0.2) is 60.9 Å². The molecule has 2 amide bonds. The number of unbranched alkanes of at least 4 members (excludes halogenated alkanes) is 2. The predicted molar refractivity (Wildman–Crippen MR) is 130 cm³/mol. The average Bonchev–Trinajstić information content (AvgIpc) is 3.41. The van der Waals surface area contributed by atoms with Crippen molar-refractivity contribution in [2.75, 3.05) is 18.5 Å². The van der Waals surface area contributed by atoms with E-state index >= 15 is 0 Å². The van der Waals surface area contributed by atoms with Crippen LogP contribution in [0.25, 0.3) is 11.1 Å². The molecule has 35 heavy (non-hydrogen) atoms. The van der Waals surface area contributed by atoms with Crippen LogP contribution < -0.4 is 10.6 Å². The Kier molecular flexibility index (Phi) is 7.77. The van der Waals surface area contributed by atoms with Gasteiger partial charge in [-0.05, 0) is 35.1 Å². The van der Waals surface area contributed by atoms with E-state index < -0.39 is 12.1 Å². The number of carbonyl (C=O) groups is 3. The van der Waals surface area contributed by atoms with Gasteiger partial charge in [-0.3, -0.25) is 14.3 Å². The molecule has 0 spiro atoms. The van der Waals surface area contributed by atoms with Crippen molar-refractivity contribution in [3.05, 3.63) is 72.1 Å². The van der Waals surface area contributed by atoms with Gasteiger partial charge in [-0.2, -0.15) is 5.10 Å². The smallest absolute Gasteiger partial charge is 0.407 e. The van der Waals surface area contributed by atoms with Crippen molar-refractivity contribution in [3.8, 4) is 11.1 Å². The Morgan fingerprint density at radius 2 is 1.66 bits per heavy atom. The highest BCUT2D eigenvalue weighted by molar-refractivity contribution is 5.90. The number of carboxylic acids is 1. The van der Waals surface area contributed by atoms with Gasteiger partial charge >= 0.3 is 12.1 Å². The summed E-state index contributed by atoms with van der Waals surface area (Å²) in [7, 11) is 0. The number of fused-ring (bicyclic) bond motifs is 3. The Hall–Kier alpha value is -4.14. The molecule has 0 atom stereocenters. The van der Waals surface area contributed by atoms with Crippen LogP contribution >= 0.6 is 0 Å². The molecule has 0 unspecified atom stereocenters. The van der Waals surface area contributed by atoms with Crippen molar-refractivity contribution in [1.29, 1.82) is 0 Å². The second kappa shape index (κ2) is 11.3. The number of aromatic nitrogens is 2. The van der Waals surface area contributed by atoms with Crippen molar-refractivity contribution in [2.45, 2.75) is 38.1 Å². The van der Waals surface area contributed by atoms with E-state index in [9.17, 15) is 14.4 Å². The number of anilines is 1. The molecule has 1 heterocycles. The van der Waals surface area contributed by atoms with Crippen LogP contribution in [-0.2, 0) is 20.9 Å². The zero-order valence-electron chi connectivity index (χ0n) is 19.3. The fourth-order valence-corrected chi connectivity index (χ4v) is 4.30. The monoisotopic (exact) mass is 476 g/mol. The summed E-state index contributed by atoms with van der Waals surface area (Å²) in [6.45, 7) is 0.496. The van der Waals surface area contributed by atoms with Crippen LogP contribution in [0.2, 0.25) is 0 Å². The summed E-state index contributed by atoms with van der Waals surface area (Å²) in [5.41, 5.74) is 5.20. The molecule has 0 bridgehead atoms. The number of alkyl carbamates (subject to hydrolysis) is 1. The summed E-state index contributed by atoms with van der Waals surface area (Å²) >= 11 is 0. The van der Waals surface area contributed by atoms with E-state index in [0.717, 1.165) is 12.8 Å². The van der Waals surface area contributed by atoms with Gasteiger partial charge in [0, 0.05) is 25.1 Å². The highest BCUT2D eigenvalue weighted by Crippen LogP contribution is 2.44. The molecule has 0 saturated heterocycles. The fourth-order valence-electron chi connectivity index (χ4n) is 4.30. The molecule has 182 valence electrons. The van der Waals surface area contributed by atoms with E-state index in [1.165, 1.54) is 39.3 Å². The number of carbonyl (C=O) groups excluding carboxylic acids is 2. The molecule has 0 fully saturated rings. The van der Waals surface area contributed by atoms with Gasteiger partial charge < -0.3 is 20.5 Å². The van der Waals surface area contributed by atoms with Gasteiger partial charge in [-0.25, -0.2) is 4.79 Å². The number of rotatable bonds is 11. The largest absolute Gasteiger partial charge is 0.480 e. The molecule has 3 N–H and O–H groups in total. The molecule has 9 heteroatoms. The number of amides is 2. The summed E-state index contributed by atoms with van der Waals surface area (Å²) in [5, 5.41) is 18.1. The average molecular weight is 477 g/mol. The summed E-state index contributed by atoms with van der Waals surface area (Å²) in [4.78, 5) is 34.9. The number of hydrogen-bond acceptors (Lipinski definition) is 5. The third-order valence-corrected chi connectivity index (χ3v) is 5.91. The van der Waals surface area contributed by atoms with Gasteiger partial charge in [0.05, 0.1) is 11.9 Å². The molecular weight excluding hydrogens is 448 g/mol. The summed E-state index contributed by atoms with van der Waals surface area (Å²) in [6.07, 6.45) is 4.95. The van der Waals surface area contributed by atoms with Gasteiger partial charge in [-0.15, -0.1) is 0 Å². The van der Waals surface area contributed by atoms with E-state index in [4.69, 9.17) is 9.84 Å². The maximum Gasteiger partial charge on any atom is 0.407 e. The minimum absolute atomic E-state index is 0.0305. The zero-order valence-corrected chi connectivity index (χ0v) is 19.3. The molecular formula is C26H28N4O5. The van der Waals surface area contributed by atoms with Crippen molar-refractivity contribution in [3.63, 3.8) is 0 Å². The maximum atomic E-state index is 12.2. The Balaban J connectivity index is 1.11. The van der Waals surface area contributed by atoms with Gasteiger partial charge in [0.15, 0.2) is 0 Å². The number of ether oxygens (including phenoxy) is 1. The third-order valence-electron chi connectivity index (χ3n) is 5.91. The zero-order chi connectivity index (χ0) is 24.6. The lowest BCUT2D eigenvalue weighted by Crippen LogP contribution is -2.27. The van der Waals surface area contributed by atoms with E-state index in [1.807, 2.05) is 24.3 Å². The Morgan fingerprint density at radius 3 is 2.34 bits per heavy atom. The van der Waals surface area contributed by atoms with Crippen molar-refractivity contribution < 1.29 is 24.2 Å². The number of nitrogens with zero attached hydrogens (tertiary/aromatic N) is 2. The van der Waals surface area contributed by atoms with E-state index in [2.05, 4.69) is 40.0 Å². The molecule has 3 aromatic rings. The van der Waals surface area contributed by atoms with Crippen molar-refractivity contribution in [2.24, 2.45) is 0 Å². The molecule has 9 nitrogen and oxygen atoms in total. The predicted octanol–water partition coefficient (Wildman–Crippen LogP) is 4.01. The lowest BCUT2D eigenvalue weighted by molar-refractivity contribution is -0.137. The quantitative estimate of drug-likeness (QED) is 0.360. The number of benzene rings is 2. The highest BCUT2D eigenvalue weighted by atomic mass is 16.5. The Morgan fingerprint density at radius 1 is 0.971 bits per heavy atom.